The first-order valence-electron chi connectivity index (χ1n) is 11.7. The van der Waals surface area contributed by atoms with Crippen molar-refractivity contribution in [2.24, 2.45) is 0 Å². The first-order valence-corrected chi connectivity index (χ1v) is 11.7. The molecule has 1 aliphatic carbocycles. The van der Waals surface area contributed by atoms with Gasteiger partial charge in [0.15, 0.2) is 0 Å². The molecule has 1 fully saturated rings. The van der Waals surface area contributed by atoms with Gasteiger partial charge < -0.3 is 29.2 Å². The van der Waals surface area contributed by atoms with Crippen LogP contribution in [0.4, 0.5) is 19.2 Å². The average molecular weight is 489 g/mol. The molecule has 34 heavy (non-hydrogen) atoms. The maximum atomic E-state index is 12.8. The number of likely N-dealkylation sites (N-methyl/N-ethyl adjacent to an activating group) is 1. The molecule has 0 heterocycles. The first kappa shape index (κ1) is 29.1. The van der Waals surface area contributed by atoms with E-state index in [1.165, 1.54) is 14.7 Å². The van der Waals surface area contributed by atoms with E-state index in [0.29, 0.717) is 19.3 Å². The summed E-state index contributed by atoms with van der Waals surface area (Å²) >= 11 is 0. The molecule has 1 aliphatic rings. The third-order valence-electron chi connectivity index (χ3n) is 6.25. The Balaban J connectivity index is 3.53. The number of hydrogen-bond acceptors (Lipinski definition) is 8. The van der Waals surface area contributed by atoms with E-state index in [4.69, 9.17) is 18.9 Å². The van der Waals surface area contributed by atoms with Crippen molar-refractivity contribution >= 4 is 24.4 Å². The Morgan fingerprint density at radius 2 is 1.15 bits per heavy atom. The van der Waals surface area contributed by atoms with Gasteiger partial charge >= 0.3 is 24.4 Å². The lowest BCUT2D eigenvalue weighted by Gasteiger charge is -2.56. The van der Waals surface area contributed by atoms with E-state index in [9.17, 15) is 19.2 Å². The van der Waals surface area contributed by atoms with E-state index in [1.54, 1.807) is 48.8 Å². The minimum atomic E-state index is -1.20. The van der Waals surface area contributed by atoms with E-state index in [0.717, 1.165) is 0 Å². The predicted molar refractivity (Wildman–Crippen MR) is 123 cm³/mol. The third kappa shape index (κ3) is 6.57. The smallest absolute Gasteiger partial charge is 0.411 e. The van der Waals surface area contributed by atoms with E-state index in [2.05, 4.69) is 5.32 Å². The molecule has 1 N–H and O–H groups in total. The zero-order valence-corrected chi connectivity index (χ0v) is 21.5. The summed E-state index contributed by atoms with van der Waals surface area (Å²) in [6, 6.07) is 0. The third-order valence-corrected chi connectivity index (χ3v) is 6.25. The van der Waals surface area contributed by atoms with Crippen molar-refractivity contribution < 1.29 is 38.1 Å². The zero-order valence-electron chi connectivity index (χ0n) is 21.5. The summed E-state index contributed by atoms with van der Waals surface area (Å²) < 4.78 is 20.7. The molecule has 0 aromatic rings. The second-order valence-corrected chi connectivity index (χ2v) is 8.08. The maximum absolute atomic E-state index is 12.8. The molecule has 1 unspecified atom stereocenters. The van der Waals surface area contributed by atoms with Crippen LogP contribution < -0.4 is 5.32 Å². The SMILES string of the molecule is CCOC(=O)NCC1(N(C)C(=O)OCC)CCCC(N(C)C(=O)OCC)(N(C)C(=O)OCC)C1. The lowest BCUT2D eigenvalue weighted by Crippen LogP contribution is -2.70. The number of carbonyl (C=O) groups excluding carboxylic acids is 4. The Bertz CT molecular complexity index is 695. The number of carbonyl (C=O) groups is 4. The molecule has 0 saturated heterocycles. The molecule has 0 aromatic heterocycles. The molecule has 1 rings (SSSR count). The van der Waals surface area contributed by atoms with Gasteiger partial charge in [-0.15, -0.1) is 0 Å². The van der Waals surface area contributed by atoms with Crippen molar-refractivity contribution in [1.29, 1.82) is 0 Å². The second kappa shape index (κ2) is 13.1. The number of nitrogens with zero attached hydrogens (tertiary/aromatic N) is 3. The molecular weight excluding hydrogens is 448 g/mol. The van der Waals surface area contributed by atoms with Crippen molar-refractivity contribution in [3.63, 3.8) is 0 Å². The molecule has 12 nitrogen and oxygen atoms in total. The number of hydrogen-bond donors (Lipinski definition) is 1. The normalized spacial score (nSPS) is 18.8. The summed E-state index contributed by atoms with van der Waals surface area (Å²) in [7, 11) is 4.68. The molecule has 1 atom stereocenters. The van der Waals surface area contributed by atoms with E-state index in [-0.39, 0.29) is 39.4 Å². The highest BCUT2D eigenvalue weighted by Gasteiger charge is 2.55. The Morgan fingerprint density at radius 1 is 0.706 bits per heavy atom. The van der Waals surface area contributed by atoms with Crippen molar-refractivity contribution in [1.82, 2.24) is 20.0 Å². The van der Waals surface area contributed by atoms with Crippen molar-refractivity contribution in [2.45, 2.75) is 64.6 Å². The van der Waals surface area contributed by atoms with Gasteiger partial charge in [-0.3, -0.25) is 9.80 Å². The van der Waals surface area contributed by atoms with Gasteiger partial charge in [0.05, 0.1) is 32.0 Å². The van der Waals surface area contributed by atoms with E-state index in [1.807, 2.05) is 0 Å². The van der Waals surface area contributed by atoms with Gasteiger partial charge in [-0.05, 0) is 47.0 Å². The Morgan fingerprint density at radius 3 is 1.59 bits per heavy atom. The highest BCUT2D eigenvalue weighted by molar-refractivity contribution is 5.73. The van der Waals surface area contributed by atoms with Gasteiger partial charge in [-0.2, -0.15) is 0 Å². The fraction of sp³-hybridized carbons (Fsp3) is 0.818. The van der Waals surface area contributed by atoms with Crippen LogP contribution in [0.3, 0.4) is 0 Å². The van der Waals surface area contributed by atoms with Gasteiger partial charge in [0.25, 0.3) is 0 Å². The number of alkyl carbamates (subject to hydrolysis) is 1. The number of ether oxygens (including phenoxy) is 4. The Kier molecular flexibility index (Phi) is 11.2. The lowest BCUT2D eigenvalue weighted by molar-refractivity contribution is -0.0853. The maximum Gasteiger partial charge on any atom is 0.411 e. The van der Waals surface area contributed by atoms with E-state index < -0.39 is 35.6 Å². The van der Waals surface area contributed by atoms with Gasteiger partial charge in [0.2, 0.25) is 0 Å². The molecule has 0 radical (unpaired) electrons. The number of nitrogens with one attached hydrogen (secondary N) is 1. The molecule has 0 aliphatic heterocycles. The zero-order chi connectivity index (χ0) is 25.9. The fourth-order valence-electron chi connectivity index (χ4n) is 4.37. The van der Waals surface area contributed by atoms with Crippen LogP contribution in [0.5, 0.6) is 0 Å². The number of rotatable bonds is 9. The molecule has 0 aromatic carbocycles. The van der Waals surface area contributed by atoms with Crippen LogP contribution in [0.15, 0.2) is 0 Å². The lowest BCUT2D eigenvalue weighted by atomic mass is 9.73. The minimum absolute atomic E-state index is 0.0240. The standard InChI is InChI=1S/C22H40N4O8/c1-8-31-17(27)23-16-21(24(5)18(28)32-9-2)13-12-14-22(15-21,25(6)19(29)33-10-3)26(7)20(30)34-11-4/h8-16H2,1-7H3,(H,23,27). The topological polar surface area (TPSA) is 127 Å². The summed E-state index contributed by atoms with van der Waals surface area (Å²) in [6.07, 6.45) is -0.902. The summed E-state index contributed by atoms with van der Waals surface area (Å²) in [6.45, 7) is 7.46. The molecular formula is C22H40N4O8. The molecule has 4 amide bonds. The van der Waals surface area contributed by atoms with Crippen molar-refractivity contribution in [2.75, 3.05) is 54.1 Å². The summed E-state index contributed by atoms with van der Waals surface area (Å²) in [5, 5.41) is 2.72. The van der Waals surface area contributed by atoms with Gasteiger partial charge in [-0.1, -0.05) is 0 Å². The minimum Gasteiger partial charge on any atom is -0.450 e. The van der Waals surface area contributed by atoms with Crippen LogP contribution >= 0.6 is 0 Å². The average Bonchev–Trinajstić information content (AvgIpc) is 2.82. The molecule has 0 spiro atoms. The van der Waals surface area contributed by atoms with Crippen LogP contribution in [-0.4, -0.2) is 104 Å². The highest BCUT2D eigenvalue weighted by atomic mass is 16.6. The fourth-order valence-corrected chi connectivity index (χ4v) is 4.37. The second-order valence-electron chi connectivity index (χ2n) is 8.08. The van der Waals surface area contributed by atoms with Crippen molar-refractivity contribution in [3.8, 4) is 0 Å². The van der Waals surface area contributed by atoms with Crippen LogP contribution in [0.25, 0.3) is 0 Å². The van der Waals surface area contributed by atoms with Crippen LogP contribution in [-0.2, 0) is 18.9 Å². The van der Waals surface area contributed by atoms with Crippen LogP contribution in [0, 0.1) is 0 Å². The van der Waals surface area contributed by atoms with Gasteiger partial charge in [0.1, 0.15) is 5.66 Å². The number of amides is 4. The summed E-state index contributed by atoms with van der Waals surface area (Å²) in [5.41, 5.74) is -2.20. The molecule has 196 valence electrons. The monoisotopic (exact) mass is 488 g/mol. The largest absolute Gasteiger partial charge is 0.450 e. The summed E-state index contributed by atoms with van der Waals surface area (Å²) in [4.78, 5) is 54.7. The predicted octanol–water partition coefficient (Wildman–Crippen LogP) is 3.01. The van der Waals surface area contributed by atoms with E-state index >= 15 is 0 Å². The first-order chi connectivity index (χ1) is 16.0. The molecule has 1 saturated carbocycles. The van der Waals surface area contributed by atoms with Crippen molar-refractivity contribution in [3.05, 3.63) is 0 Å². The van der Waals surface area contributed by atoms with Gasteiger partial charge in [0, 0.05) is 34.1 Å². The van der Waals surface area contributed by atoms with Crippen LogP contribution in [0.2, 0.25) is 0 Å². The van der Waals surface area contributed by atoms with Gasteiger partial charge in [-0.25, -0.2) is 19.2 Å². The quantitative estimate of drug-likeness (QED) is 0.388. The Hall–Kier alpha value is -2.92. The molecule has 0 bridgehead atoms. The Labute approximate surface area is 201 Å². The molecule has 12 heteroatoms. The highest BCUT2D eigenvalue weighted by Crippen LogP contribution is 2.44. The van der Waals surface area contributed by atoms with Crippen LogP contribution in [0.1, 0.15) is 53.4 Å². The summed E-state index contributed by atoms with van der Waals surface area (Å²) in [5.74, 6) is 0.